The first kappa shape index (κ1) is 18.6. The summed E-state index contributed by atoms with van der Waals surface area (Å²) in [6.07, 6.45) is 3.69. The van der Waals surface area contributed by atoms with E-state index >= 15 is 0 Å². The minimum atomic E-state index is 0. The topological polar surface area (TPSA) is 32.3 Å². The summed E-state index contributed by atoms with van der Waals surface area (Å²) in [4.78, 5) is 14.3. The van der Waals surface area contributed by atoms with Gasteiger partial charge in [0.1, 0.15) is 0 Å². The summed E-state index contributed by atoms with van der Waals surface area (Å²) in [5.74, 6) is 0.230. The molecule has 118 valence electrons. The van der Waals surface area contributed by atoms with Crippen molar-refractivity contribution in [2.75, 3.05) is 13.6 Å². The molecule has 0 bridgehead atoms. The van der Waals surface area contributed by atoms with Crippen LogP contribution in [0.15, 0.2) is 18.2 Å². The SMILES string of the molecule is CNCCCC(=O)N(Cc1ccc(Cl)c(Cl)c1)C1CC1.Cl. The zero-order valence-corrected chi connectivity index (χ0v) is 14.4. The van der Waals surface area contributed by atoms with Gasteiger partial charge in [-0.25, -0.2) is 0 Å². The summed E-state index contributed by atoms with van der Waals surface area (Å²) >= 11 is 12.0. The van der Waals surface area contributed by atoms with E-state index in [0.29, 0.717) is 29.1 Å². The molecule has 3 nitrogen and oxygen atoms in total. The third-order valence-electron chi connectivity index (χ3n) is 3.46. The van der Waals surface area contributed by atoms with Gasteiger partial charge < -0.3 is 10.2 Å². The lowest BCUT2D eigenvalue weighted by Crippen LogP contribution is -2.32. The highest BCUT2D eigenvalue weighted by molar-refractivity contribution is 6.42. The number of hydrogen-bond acceptors (Lipinski definition) is 2. The fourth-order valence-corrected chi connectivity index (χ4v) is 2.52. The van der Waals surface area contributed by atoms with Gasteiger partial charge in [0.25, 0.3) is 0 Å². The van der Waals surface area contributed by atoms with Gasteiger partial charge in [0, 0.05) is 19.0 Å². The number of nitrogens with one attached hydrogen (secondary N) is 1. The maximum atomic E-state index is 12.3. The van der Waals surface area contributed by atoms with Gasteiger partial charge in [0.2, 0.25) is 5.91 Å². The van der Waals surface area contributed by atoms with Crippen LogP contribution in [-0.4, -0.2) is 30.4 Å². The quantitative estimate of drug-likeness (QED) is 0.755. The van der Waals surface area contributed by atoms with E-state index < -0.39 is 0 Å². The van der Waals surface area contributed by atoms with E-state index in [2.05, 4.69) is 5.32 Å². The van der Waals surface area contributed by atoms with Crippen LogP contribution in [0.3, 0.4) is 0 Å². The van der Waals surface area contributed by atoms with Crippen LogP contribution in [-0.2, 0) is 11.3 Å². The Morgan fingerprint density at radius 2 is 2.05 bits per heavy atom. The Hall–Kier alpha value is -0.480. The Balaban J connectivity index is 0.00000220. The molecule has 1 aliphatic rings. The third kappa shape index (κ3) is 5.67. The van der Waals surface area contributed by atoms with E-state index in [1.54, 1.807) is 6.07 Å². The largest absolute Gasteiger partial charge is 0.335 e. The van der Waals surface area contributed by atoms with E-state index in [1.165, 1.54) is 0 Å². The number of carbonyl (C=O) groups excluding carboxylic acids is 1. The van der Waals surface area contributed by atoms with Crippen LogP contribution < -0.4 is 5.32 Å². The van der Waals surface area contributed by atoms with Crippen molar-refractivity contribution in [3.05, 3.63) is 33.8 Å². The van der Waals surface area contributed by atoms with E-state index in [9.17, 15) is 4.79 Å². The van der Waals surface area contributed by atoms with Gasteiger partial charge in [-0.15, -0.1) is 12.4 Å². The van der Waals surface area contributed by atoms with Crippen molar-refractivity contribution in [3.63, 3.8) is 0 Å². The van der Waals surface area contributed by atoms with Crippen LogP contribution in [0.5, 0.6) is 0 Å². The van der Waals surface area contributed by atoms with Gasteiger partial charge in [0.15, 0.2) is 0 Å². The monoisotopic (exact) mass is 350 g/mol. The molecule has 1 amide bonds. The maximum absolute atomic E-state index is 12.3. The Labute approximate surface area is 142 Å². The van der Waals surface area contributed by atoms with Gasteiger partial charge in [-0.3, -0.25) is 4.79 Å². The summed E-state index contributed by atoms with van der Waals surface area (Å²) in [5.41, 5.74) is 1.04. The minimum Gasteiger partial charge on any atom is -0.335 e. The maximum Gasteiger partial charge on any atom is 0.223 e. The zero-order valence-electron chi connectivity index (χ0n) is 12.1. The number of hydrogen-bond donors (Lipinski definition) is 1. The van der Waals surface area contributed by atoms with Crippen LogP contribution >= 0.6 is 35.6 Å². The number of nitrogens with zero attached hydrogens (tertiary/aromatic N) is 1. The Kier molecular flexibility index (Phi) is 7.82. The molecule has 1 aromatic carbocycles. The Bertz CT molecular complexity index is 478. The average molecular weight is 352 g/mol. The highest BCUT2D eigenvalue weighted by Crippen LogP contribution is 2.30. The molecule has 0 radical (unpaired) electrons. The van der Waals surface area contributed by atoms with E-state index in [1.807, 2.05) is 24.1 Å². The molecule has 1 aromatic rings. The molecule has 6 heteroatoms. The van der Waals surface area contributed by atoms with E-state index in [-0.39, 0.29) is 18.3 Å². The normalized spacial score (nSPS) is 13.7. The summed E-state index contributed by atoms with van der Waals surface area (Å²) in [5, 5.41) is 4.16. The van der Waals surface area contributed by atoms with Gasteiger partial charge >= 0.3 is 0 Å². The standard InChI is InChI=1S/C15H20Cl2N2O.ClH/c1-18-8-2-3-15(20)19(12-5-6-12)10-11-4-7-13(16)14(17)9-11;/h4,7,9,12,18H,2-3,5-6,8,10H2,1H3;1H. The molecule has 1 N–H and O–H groups in total. The van der Waals surface area contributed by atoms with Crippen molar-refractivity contribution in [2.45, 2.75) is 38.3 Å². The predicted octanol–water partition coefficient (Wildman–Crippen LogP) is 3.91. The predicted molar refractivity (Wildman–Crippen MR) is 90.4 cm³/mol. The Morgan fingerprint density at radius 1 is 1.33 bits per heavy atom. The zero-order chi connectivity index (χ0) is 14.5. The number of halogens is 3. The van der Waals surface area contributed by atoms with Crippen molar-refractivity contribution in [3.8, 4) is 0 Å². The summed E-state index contributed by atoms with van der Waals surface area (Å²) < 4.78 is 0. The molecule has 1 saturated carbocycles. The first-order valence-corrected chi connectivity index (χ1v) is 7.75. The van der Waals surface area contributed by atoms with E-state index in [4.69, 9.17) is 23.2 Å². The smallest absolute Gasteiger partial charge is 0.223 e. The van der Waals surface area contributed by atoms with Gasteiger partial charge in [-0.05, 0) is 50.6 Å². The molecular formula is C15H21Cl3N2O. The van der Waals surface area contributed by atoms with Crippen molar-refractivity contribution in [1.29, 1.82) is 0 Å². The number of rotatable bonds is 7. The number of amides is 1. The fraction of sp³-hybridized carbons (Fsp3) is 0.533. The van der Waals surface area contributed by atoms with Gasteiger partial charge in [-0.2, -0.15) is 0 Å². The fourth-order valence-electron chi connectivity index (χ4n) is 2.20. The van der Waals surface area contributed by atoms with Crippen LogP contribution in [0.25, 0.3) is 0 Å². The molecule has 1 aliphatic carbocycles. The van der Waals surface area contributed by atoms with Crippen molar-refractivity contribution in [2.24, 2.45) is 0 Å². The molecule has 0 aromatic heterocycles. The molecule has 0 spiro atoms. The molecule has 2 rings (SSSR count). The molecule has 0 atom stereocenters. The lowest BCUT2D eigenvalue weighted by molar-refractivity contribution is -0.132. The van der Waals surface area contributed by atoms with Crippen molar-refractivity contribution < 1.29 is 4.79 Å². The lowest BCUT2D eigenvalue weighted by Gasteiger charge is -2.23. The summed E-state index contributed by atoms with van der Waals surface area (Å²) in [6, 6.07) is 5.98. The molecule has 0 unspecified atom stereocenters. The average Bonchev–Trinajstić information content (AvgIpc) is 3.24. The number of carbonyl (C=O) groups is 1. The molecule has 0 aliphatic heterocycles. The molecular weight excluding hydrogens is 331 g/mol. The third-order valence-corrected chi connectivity index (χ3v) is 4.20. The van der Waals surface area contributed by atoms with Gasteiger partial charge in [0.05, 0.1) is 10.0 Å². The molecule has 1 fully saturated rings. The molecule has 0 heterocycles. The van der Waals surface area contributed by atoms with Crippen molar-refractivity contribution in [1.82, 2.24) is 10.2 Å². The van der Waals surface area contributed by atoms with Crippen LogP contribution in [0, 0.1) is 0 Å². The Morgan fingerprint density at radius 3 is 2.62 bits per heavy atom. The first-order valence-electron chi connectivity index (χ1n) is 7.00. The van der Waals surface area contributed by atoms with Crippen LogP contribution in [0.4, 0.5) is 0 Å². The minimum absolute atomic E-state index is 0. The first-order chi connectivity index (χ1) is 9.61. The van der Waals surface area contributed by atoms with Crippen LogP contribution in [0.2, 0.25) is 10.0 Å². The highest BCUT2D eigenvalue weighted by Gasteiger charge is 2.32. The number of benzene rings is 1. The second-order valence-electron chi connectivity index (χ2n) is 5.21. The summed E-state index contributed by atoms with van der Waals surface area (Å²) in [7, 11) is 1.90. The van der Waals surface area contributed by atoms with E-state index in [0.717, 1.165) is 31.4 Å². The second kappa shape index (κ2) is 8.84. The molecule has 21 heavy (non-hydrogen) atoms. The second-order valence-corrected chi connectivity index (χ2v) is 6.02. The molecule has 0 saturated heterocycles. The van der Waals surface area contributed by atoms with Crippen molar-refractivity contribution >= 4 is 41.5 Å². The van der Waals surface area contributed by atoms with Gasteiger partial charge in [-0.1, -0.05) is 29.3 Å². The summed E-state index contributed by atoms with van der Waals surface area (Å²) in [6.45, 7) is 1.50. The van der Waals surface area contributed by atoms with Crippen LogP contribution in [0.1, 0.15) is 31.2 Å². The lowest BCUT2D eigenvalue weighted by atomic mass is 10.2. The highest BCUT2D eigenvalue weighted by atomic mass is 35.5.